The Hall–Kier alpha value is -2.22. The van der Waals surface area contributed by atoms with Crippen LogP contribution in [0.25, 0.3) is 11.3 Å². The monoisotopic (exact) mass is 279 g/mol. The number of aryl methyl sites for hydroxylation is 1. The molecule has 1 atom stereocenters. The molecule has 106 valence electrons. The fraction of sp³-hybridized carbons (Fsp3) is 0.375. The molecule has 0 saturated carbocycles. The second-order valence-electron chi connectivity index (χ2n) is 5.70. The van der Waals surface area contributed by atoms with Crippen LogP contribution in [0.4, 0.5) is 0 Å². The van der Waals surface area contributed by atoms with Crippen molar-refractivity contribution in [2.45, 2.75) is 25.5 Å². The van der Waals surface area contributed by atoms with Crippen LogP contribution in [0.5, 0.6) is 5.75 Å². The fourth-order valence-electron chi connectivity index (χ4n) is 2.98. The lowest BCUT2D eigenvalue weighted by atomic mass is 9.48. The van der Waals surface area contributed by atoms with Crippen LogP contribution in [0.3, 0.4) is 0 Å². The lowest BCUT2D eigenvalue weighted by molar-refractivity contribution is 0.273. The first kappa shape index (κ1) is 13.8. The van der Waals surface area contributed by atoms with E-state index in [-0.39, 0.29) is 6.71 Å². The van der Waals surface area contributed by atoms with E-state index in [4.69, 9.17) is 10.00 Å². The minimum Gasteiger partial charge on any atom is -0.493 e. The number of nitrogens with zero attached hydrogens (tertiary/aromatic N) is 3. The molecule has 1 aliphatic rings. The largest absolute Gasteiger partial charge is 0.493 e. The van der Waals surface area contributed by atoms with E-state index < -0.39 is 0 Å². The maximum absolute atomic E-state index is 9.05. The lowest BCUT2D eigenvalue weighted by Crippen LogP contribution is -2.19. The molecule has 4 nitrogen and oxygen atoms in total. The molecule has 1 aromatic carbocycles. The van der Waals surface area contributed by atoms with Gasteiger partial charge in [-0.25, -0.2) is 5.26 Å². The summed E-state index contributed by atoms with van der Waals surface area (Å²) in [5.74, 6) is 3.67. The number of ether oxygens (including phenoxy) is 1. The summed E-state index contributed by atoms with van der Waals surface area (Å²) in [4.78, 5) is 0. The van der Waals surface area contributed by atoms with Crippen LogP contribution in [0, 0.1) is 11.2 Å². The van der Waals surface area contributed by atoms with Crippen LogP contribution in [-0.4, -0.2) is 23.1 Å². The highest BCUT2D eigenvalue weighted by molar-refractivity contribution is 6.65. The summed E-state index contributed by atoms with van der Waals surface area (Å²) in [7, 11) is 1.91. The number of aromatic nitrogens is 2. The van der Waals surface area contributed by atoms with Gasteiger partial charge in [0.2, 0.25) is 0 Å². The average molecular weight is 279 g/mol. The van der Waals surface area contributed by atoms with E-state index in [0.29, 0.717) is 12.5 Å². The van der Waals surface area contributed by atoms with Crippen molar-refractivity contribution in [2.75, 3.05) is 6.61 Å². The Morgan fingerprint density at radius 2 is 2.33 bits per heavy atom. The molecule has 1 aliphatic heterocycles. The Morgan fingerprint density at radius 3 is 3.05 bits per heavy atom. The number of nitriles is 1. The smallest absolute Gasteiger partial charge is 0.265 e. The van der Waals surface area contributed by atoms with Crippen LogP contribution in [0.15, 0.2) is 30.5 Å². The van der Waals surface area contributed by atoms with Gasteiger partial charge < -0.3 is 4.74 Å². The van der Waals surface area contributed by atoms with Crippen molar-refractivity contribution in [1.82, 2.24) is 9.78 Å². The van der Waals surface area contributed by atoms with Crippen LogP contribution in [0.1, 0.15) is 17.9 Å². The Morgan fingerprint density at radius 1 is 1.48 bits per heavy atom. The first-order valence-corrected chi connectivity index (χ1v) is 7.34. The van der Waals surface area contributed by atoms with Crippen molar-refractivity contribution in [3.05, 3.63) is 36.0 Å². The molecular weight excluding hydrogens is 261 g/mol. The standard InChI is InChI=1S/C16H18BN3O/c1-17(11-18)10-12-7-9-21-16-13(12)4-3-5-14(16)15-6-8-20(2)19-15/h3-6,8,12H,7,9-10H2,1-2H3. The Bertz CT molecular complexity index is 689. The second kappa shape index (κ2) is 5.65. The van der Waals surface area contributed by atoms with Gasteiger partial charge in [0.05, 0.1) is 12.3 Å². The van der Waals surface area contributed by atoms with Gasteiger partial charge in [-0.05, 0) is 30.0 Å². The molecule has 21 heavy (non-hydrogen) atoms. The van der Waals surface area contributed by atoms with Gasteiger partial charge in [-0.15, -0.1) is 0 Å². The summed E-state index contributed by atoms with van der Waals surface area (Å²) in [5, 5.41) is 13.5. The number of para-hydroxylation sites is 1. The average Bonchev–Trinajstić information content (AvgIpc) is 2.93. The number of hydrogen-bond donors (Lipinski definition) is 0. The van der Waals surface area contributed by atoms with Gasteiger partial charge >= 0.3 is 0 Å². The number of rotatable bonds is 3. The zero-order chi connectivity index (χ0) is 14.8. The number of fused-ring (bicyclic) bond motifs is 1. The molecule has 3 rings (SSSR count). The Labute approximate surface area is 125 Å². The predicted molar refractivity (Wildman–Crippen MR) is 83.5 cm³/mol. The normalized spacial score (nSPS) is 16.7. The van der Waals surface area contributed by atoms with Crippen LogP contribution in [-0.2, 0) is 7.05 Å². The molecule has 0 saturated heterocycles. The summed E-state index contributed by atoms with van der Waals surface area (Å²) < 4.78 is 7.73. The van der Waals surface area contributed by atoms with Gasteiger partial charge in [-0.1, -0.05) is 25.3 Å². The first-order chi connectivity index (χ1) is 10.2. The van der Waals surface area contributed by atoms with Gasteiger partial charge in [0, 0.05) is 24.8 Å². The maximum Gasteiger partial charge on any atom is 0.265 e. The predicted octanol–water partition coefficient (Wildman–Crippen LogP) is 3.14. The molecule has 0 bridgehead atoms. The van der Waals surface area contributed by atoms with Gasteiger partial charge in [-0.3, -0.25) is 4.68 Å². The molecule has 0 spiro atoms. The molecule has 0 amide bonds. The summed E-state index contributed by atoms with van der Waals surface area (Å²) in [6, 6.07) is 8.23. The minimum absolute atomic E-state index is 0.0689. The van der Waals surface area contributed by atoms with E-state index in [1.807, 2.05) is 26.1 Å². The van der Waals surface area contributed by atoms with E-state index in [9.17, 15) is 0 Å². The van der Waals surface area contributed by atoms with E-state index in [0.717, 1.165) is 29.7 Å². The van der Waals surface area contributed by atoms with Crippen molar-refractivity contribution >= 4 is 6.71 Å². The van der Waals surface area contributed by atoms with E-state index >= 15 is 0 Å². The molecular formula is C16H18BN3O. The molecule has 1 unspecified atom stereocenters. The summed E-state index contributed by atoms with van der Waals surface area (Å²) in [5.41, 5.74) is 3.19. The highest BCUT2D eigenvalue weighted by Gasteiger charge is 2.27. The molecule has 5 heteroatoms. The van der Waals surface area contributed by atoms with Gasteiger partial charge in [-0.2, -0.15) is 5.10 Å². The van der Waals surface area contributed by atoms with Crippen molar-refractivity contribution in [2.24, 2.45) is 7.05 Å². The van der Waals surface area contributed by atoms with Crippen LogP contribution < -0.4 is 4.74 Å². The quantitative estimate of drug-likeness (QED) is 0.811. The zero-order valence-corrected chi connectivity index (χ0v) is 12.4. The molecule has 0 aliphatic carbocycles. The molecule has 1 aromatic heterocycles. The molecule has 0 radical (unpaired) electrons. The van der Waals surface area contributed by atoms with E-state index in [2.05, 4.69) is 29.3 Å². The van der Waals surface area contributed by atoms with Crippen molar-refractivity contribution in [1.29, 1.82) is 5.26 Å². The number of benzene rings is 1. The van der Waals surface area contributed by atoms with E-state index in [1.54, 1.807) is 4.68 Å². The minimum atomic E-state index is 0.0689. The number of hydrogen-bond acceptors (Lipinski definition) is 3. The van der Waals surface area contributed by atoms with E-state index in [1.165, 1.54) is 5.56 Å². The topological polar surface area (TPSA) is 50.8 Å². The zero-order valence-electron chi connectivity index (χ0n) is 12.4. The third kappa shape index (κ3) is 2.66. The second-order valence-corrected chi connectivity index (χ2v) is 5.70. The van der Waals surface area contributed by atoms with Crippen LogP contribution in [0.2, 0.25) is 13.1 Å². The highest BCUT2D eigenvalue weighted by atomic mass is 16.5. The van der Waals surface area contributed by atoms with Gasteiger partial charge in [0.15, 0.2) is 0 Å². The Balaban J connectivity index is 2.00. The summed E-state index contributed by atoms with van der Waals surface area (Å²) >= 11 is 0. The Kier molecular flexibility index (Phi) is 3.70. The van der Waals surface area contributed by atoms with Crippen molar-refractivity contribution < 1.29 is 4.74 Å². The molecule has 2 heterocycles. The summed E-state index contributed by atoms with van der Waals surface area (Å²) in [6.07, 6.45) is 3.80. The third-order valence-electron chi connectivity index (χ3n) is 4.05. The van der Waals surface area contributed by atoms with Crippen molar-refractivity contribution in [3.63, 3.8) is 0 Å². The van der Waals surface area contributed by atoms with Gasteiger partial charge in [0.25, 0.3) is 6.71 Å². The molecule has 0 fully saturated rings. The molecule has 2 aromatic rings. The fourth-order valence-corrected chi connectivity index (χ4v) is 2.98. The maximum atomic E-state index is 9.05. The first-order valence-electron chi connectivity index (χ1n) is 7.34. The summed E-state index contributed by atoms with van der Waals surface area (Å²) in [6.45, 7) is 2.76. The lowest BCUT2D eigenvalue weighted by Gasteiger charge is -2.27. The van der Waals surface area contributed by atoms with Crippen molar-refractivity contribution in [3.8, 4) is 23.0 Å². The highest BCUT2D eigenvalue weighted by Crippen LogP contribution is 2.42. The third-order valence-corrected chi connectivity index (χ3v) is 4.05. The van der Waals surface area contributed by atoms with Gasteiger partial charge in [0.1, 0.15) is 5.75 Å². The molecule has 0 N–H and O–H groups in total. The van der Waals surface area contributed by atoms with Crippen LogP contribution >= 0.6 is 0 Å². The SMILES string of the molecule is CB(C#N)CC1CCOc2c(-c3ccn(C)n3)cccc21.